The van der Waals surface area contributed by atoms with Crippen LogP contribution in [0.4, 0.5) is 10.1 Å². The third-order valence-electron chi connectivity index (χ3n) is 4.68. The number of sulfone groups is 1. The molecule has 2 unspecified atom stereocenters. The predicted octanol–water partition coefficient (Wildman–Crippen LogP) is 4.13. The number of piperidine rings is 1. The third kappa shape index (κ3) is 4.79. The van der Waals surface area contributed by atoms with Crippen LogP contribution in [0.1, 0.15) is 12.0 Å². The van der Waals surface area contributed by atoms with Gasteiger partial charge in [0.1, 0.15) is 16.8 Å². The molecule has 0 aromatic heterocycles. The Balaban J connectivity index is 0.00000280. The van der Waals surface area contributed by atoms with Crippen molar-refractivity contribution in [1.29, 1.82) is 0 Å². The number of nitrogens with one attached hydrogen (secondary N) is 2. The summed E-state index contributed by atoms with van der Waals surface area (Å²) in [6, 6.07) is 9.36. The fourth-order valence-electron chi connectivity index (χ4n) is 3.09. The van der Waals surface area contributed by atoms with Crippen LogP contribution in [-0.4, -0.2) is 40.8 Å². The van der Waals surface area contributed by atoms with Gasteiger partial charge in [-0.3, -0.25) is 0 Å². The van der Waals surface area contributed by atoms with Crippen molar-refractivity contribution in [2.24, 2.45) is 0 Å². The van der Waals surface area contributed by atoms with Gasteiger partial charge >= 0.3 is 0 Å². The zero-order chi connectivity index (χ0) is 19.6. The molecule has 1 aliphatic rings. The highest BCUT2D eigenvalue weighted by Gasteiger charge is 2.27. The van der Waals surface area contributed by atoms with Gasteiger partial charge in [-0.05, 0) is 55.8 Å². The average Bonchev–Trinajstić information content (AvgIpc) is 2.65. The second-order valence-corrected chi connectivity index (χ2v) is 9.37. The van der Waals surface area contributed by atoms with Crippen LogP contribution in [0.25, 0.3) is 0 Å². The first-order chi connectivity index (χ1) is 12.8. The molecule has 0 amide bonds. The van der Waals surface area contributed by atoms with Gasteiger partial charge in [-0.25, -0.2) is 12.8 Å². The molecular weight excluding hydrogens is 471 g/mol. The zero-order valence-electron chi connectivity index (χ0n) is 15.5. The van der Waals surface area contributed by atoms with Crippen LogP contribution >= 0.6 is 28.3 Å². The van der Waals surface area contributed by atoms with Crippen LogP contribution < -0.4 is 15.4 Å². The lowest BCUT2D eigenvalue weighted by Gasteiger charge is -2.29. The lowest BCUT2D eigenvalue weighted by molar-refractivity contribution is 0.245. The number of methoxy groups -OCH3 is 1. The smallest absolute Gasteiger partial charge is 0.210 e. The van der Waals surface area contributed by atoms with Crippen LogP contribution in [-0.2, 0) is 9.84 Å². The van der Waals surface area contributed by atoms with Crippen molar-refractivity contribution in [3.8, 4) is 5.75 Å². The van der Waals surface area contributed by atoms with E-state index in [1.54, 1.807) is 30.3 Å². The molecule has 1 fully saturated rings. The Morgan fingerprint density at radius 3 is 2.68 bits per heavy atom. The first-order valence-corrected chi connectivity index (χ1v) is 10.9. The quantitative estimate of drug-likeness (QED) is 0.655. The molecule has 2 aromatic carbocycles. The van der Waals surface area contributed by atoms with Gasteiger partial charge in [0.15, 0.2) is 0 Å². The van der Waals surface area contributed by atoms with E-state index < -0.39 is 16.0 Å². The molecule has 5 nitrogen and oxygen atoms in total. The van der Waals surface area contributed by atoms with Gasteiger partial charge in [0, 0.05) is 16.7 Å². The predicted molar refractivity (Wildman–Crippen MR) is 114 cm³/mol. The minimum absolute atomic E-state index is 0. The van der Waals surface area contributed by atoms with Crippen molar-refractivity contribution in [3.05, 3.63) is 46.4 Å². The van der Waals surface area contributed by atoms with Crippen molar-refractivity contribution in [2.75, 3.05) is 25.5 Å². The second kappa shape index (κ2) is 9.43. The Bertz CT molecular complexity index is 943. The summed E-state index contributed by atoms with van der Waals surface area (Å²) in [5.74, 6) is 0.274. The number of benzene rings is 2. The van der Waals surface area contributed by atoms with Crippen LogP contribution in [0.15, 0.2) is 50.7 Å². The maximum atomic E-state index is 14.1. The SMILES string of the molecule is COc1ccc(Br)cc1S(=O)(=O)c1ccc(C)c(NC2CCNCC2F)c1.Cl. The number of alkyl halides is 1. The van der Waals surface area contributed by atoms with E-state index in [4.69, 9.17) is 4.74 Å². The molecule has 1 saturated heterocycles. The number of anilines is 1. The maximum absolute atomic E-state index is 14.1. The number of halogens is 3. The Kier molecular flexibility index (Phi) is 7.73. The molecule has 0 bridgehead atoms. The van der Waals surface area contributed by atoms with E-state index in [-0.39, 0.29) is 34.0 Å². The number of hydrogen-bond acceptors (Lipinski definition) is 5. The largest absolute Gasteiger partial charge is 0.495 e. The first-order valence-electron chi connectivity index (χ1n) is 8.63. The summed E-state index contributed by atoms with van der Waals surface area (Å²) in [7, 11) is -2.37. The molecule has 9 heteroatoms. The van der Waals surface area contributed by atoms with Crippen molar-refractivity contribution < 1.29 is 17.5 Å². The summed E-state index contributed by atoms with van der Waals surface area (Å²) in [6.07, 6.45) is -0.389. The monoisotopic (exact) mass is 492 g/mol. The molecule has 1 heterocycles. The van der Waals surface area contributed by atoms with Crippen molar-refractivity contribution in [3.63, 3.8) is 0 Å². The fraction of sp³-hybridized carbons (Fsp3) is 0.368. The average molecular weight is 494 g/mol. The van der Waals surface area contributed by atoms with Gasteiger partial charge in [-0.1, -0.05) is 22.0 Å². The molecule has 0 aliphatic carbocycles. The fourth-order valence-corrected chi connectivity index (χ4v) is 5.08. The van der Waals surface area contributed by atoms with Crippen LogP contribution in [0.5, 0.6) is 5.75 Å². The Morgan fingerprint density at radius 1 is 1.25 bits per heavy atom. The molecule has 154 valence electrons. The molecular formula is C19H23BrClFN2O3S. The molecule has 2 N–H and O–H groups in total. The van der Waals surface area contributed by atoms with E-state index in [0.717, 1.165) is 12.1 Å². The number of hydrogen-bond donors (Lipinski definition) is 2. The summed E-state index contributed by atoms with van der Waals surface area (Å²) in [5, 5.41) is 6.19. The summed E-state index contributed by atoms with van der Waals surface area (Å²) < 4.78 is 46.4. The van der Waals surface area contributed by atoms with Gasteiger partial charge in [-0.15, -0.1) is 12.4 Å². The summed E-state index contributed by atoms with van der Waals surface area (Å²) in [6.45, 7) is 2.89. The normalized spacial score (nSPS) is 19.6. The summed E-state index contributed by atoms with van der Waals surface area (Å²) >= 11 is 3.31. The molecule has 2 aromatic rings. The molecule has 3 rings (SSSR count). The Morgan fingerprint density at radius 2 is 2.00 bits per heavy atom. The van der Waals surface area contributed by atoms with E-state index in [9.17, 15) is 12.8 Å². The molecule has 0 spiro atoms. The van der Waals surface area contributed by atoms with E-state index in [2.05, 4.69) is 26.6 Å². The Labute approximate surface area is 179 Å². The highest BCUT2D eigenvalue weighted by molar-refractivity contribution is 9.10. The Hall–Kier alpha value is -1.35. The standard InChI is InChI=1S/C19H22BrFN2O3S.ClH/c1-12-3-5-14(10-17(12)23-16-7-8-22-11-15(16)21)27(24,25)19-9-13(20)4-6-18(19)26-2;/h3-6,9-10,15-16,22-23H,7-8,11H2,1-2H3;1H. The lowest BCUT2D eigenvalue weighted by Crippen LogP contribution is -2.45. The van der Waals surface area contributed by atoms with Gasteiger partial charge in [0.25, 0.3) is 0 Å². The molecule has 28 heavy (non-hydrogen) atoms. The maximum Gasteiger partial charge on any atom is 0.210 e. The third-order valence-corrected chi connectivity index (χ3v) is 6.95. The van der Waals surface area contributed by atoms with Gasteiger partial charge in [-0.2, -0.15) is 0 Å². The molecule has 2 atom stereocenters. The highest BCUT2D eigenvalue weighted by atomic mass is 79.9. The van der Waals surface area contributed by atoms with Crippen LogP contribution in [0.3, 0.4) is 0 Å². The molecule has 0 saturated carbocycles. The zero-order valence-corrected chi connectivity index (χ0v) is 18.8. The minimum Gasteiger partial charge on any atom is -0.495 e. The van der Waals surface area contributed by atoms with Gasteiger partial charge in [0.05, 0.1) is 18.0 Å². The van der Waals surface area contributed by atoms with Crippen LogP contribution in [0, 0.1) is 6.92 Å². The first kappa shape index (κ1) is 22.9. The van der Waals surface area contributed by atoms with Crippen LogP contribution in [0.2, 0.25) is 0 Å². The van der Waals surface area contributed by atoms with Gasteiger partial charge < -0.3 is 15.4 Å². The highest BCUT2D eigenvalue weighted by Crippen LogP contribution is 2.33. The van der Waals surface area contributed by atoms with E-state index >= 15 is 0 Å². The van der Waals surface area contributed by atoms with E-state index in [0.29, 0.717) is 23.1 Å². The number of aryl methyl sites for hydroxylation is 1. The van der Waals surface area contributed by atoms with E-state index in [1.165, 1.54) is 13.2 Å². The van der Waals surface area contributed by atoms with Crippen molar-refractivity contribution in [2.45, 2.75) is 35.3 Å². The van der Waals surface area contributed by atoms with Crippen molar-refractivity contribution >= 4 is 43.9 Å². The number of rotatable bonds is 5. The minimum atomic E-state index is -3.80. The second-order valence-electron chi connectivity index (χ2n) is 6.53. The topological polar surface area (TPSA) is 67.4 Å². The lowest BCUT2D eigenvalue weighted by atomic mass is 10.0. The summed E-state index contributed by atoms with van der Waals surface area (Å²) in [5.41, 5.74) is 1.49. The van der Waals surface area contributed by atoms with E-state index in [1.807, 2.05) is 6.92 Å². The van der Waals surface area contributed by atoms with Gasteiger partial charge in [0.2, 0.25) is 9.84 Å². The molecule has 0 radical (unpaired) electrons. The number of ether oxygens (including phenoxy) is 1. The van der Waals surface area contributed by atoms with Crippen molar-refractivity contribution in [1.82, 2.24) is 5.32 Å². The summed E-state index contributed by atoms with van der Waals surface area (Å²) in [4.78, 5) is 0.218. The molecule has 1 aliphatic heterocycles.